The summed E-state index contributed by atoms with van der Waals surface area (Å²) in [5, 5.41) is 13.0. The van der Waals surface area contributed by atoms with Gasteiger partial charge in [-0.3, -0.25) is 9.55 Å². The van der Waals surface area contributed by atoms with Crippen LogP contribution in [0, 0.1) is 6.07 Å². The van der Waals surface area contributed by atoms with Crippen molar-refractivity contribution < 1.29 is 26.2 Å². The van der Waals surface area contributed by atoms with Crippen molar-refractivity contribution in [1.29, 1.82) is 0 Å². The predicted molar refractivity (Wildman–Crippen MR) is 153 cm³/mol. The van der Waals surface area contributed by atoms with Gasteiger partial charge < -0.3 is 5.11 Å². The second kappa shape index (κ2) is 10.3. The van der Waals surface area contributed by atoms with Crippen LogP contribution in [0.4, 0.5) is 0 Å². The molecule has 0 fully saturated rings. The van der Waals surface area contributed by atoms with E-state index in [4.69, 9.17) is 9.97 Å². The fraction of sp³-hybridized carbons (Fsp3) is 0. The summed E-state index contributed by atoms with van der Waals surface area (Å²) in [5.41, 5.74) is 7.15. The first kappa shape index (κ1) is 24.8. The van der Waals surface area contributed by atoms with Gasteiger partial charge in [0.05, 0.1) is 16.6 Å². The van der Waals surface area contributed by atoms with Crippen molar-refractivity contribution >= 4 is 21.8 Å². The normalized spacial score (nSPS) is 11.0. The molecule has 0 aliphatic rings. The summed E-state index contributed by atoms with van der Waals surface area (Å²) in [7, 11) is 0. The van der Waals surface area contributed by atoms with Gasteiger partial charge in [-0.25, -0.2) is 4.98 Å². The molecule has 0 unspecified atom stereocenters. The van der Waals surface area contributed by atoms with E-state index in [1.54, 1.807) is 6.07 Å². The molecule has 7 aromatic rings. The van der Waals surface area contributed by atoms with E-state index in [1.165, 1.54) is 0 Å². The third-order valence-corrected chi connectivity index (χ3v) is 6.84. The molecule has 0 saturated carbocycles. The minimum atomic E-state index is 0. The van der Waals surface area contributed by atoms with Crippen molar-refractivity contribution in [3.63, 3.8) is 0 Å². The van der Waals surface area contributed by atoms with E-state index in [0.717, 1.165) is 49.9 Å². The average Bonchev–Trinajstić information content (AvgIpc) is 3.37. The van der Waals surface area contributed by atoms with Crippen molar-refractivity contribution in [3.8, 4) is 45.2 Å². The van der Waals surface area contributed by atoms with Crippen LogP contribution in [0.5, 0.6) is 5.75 Å². The van der Waals surface area contributed by atoms with E-state index in [1.807, 2.05) is 72.9 Å². The molecule has 0 amide bonds. The summed E-state index contributed by atoms with van der Waals surface area (Å²) in [6, 6.07) is 43.7. The molecule has 0 bridgehead atoms. The molecule has 0 spiro atoms. The van der Waals surface area contributed by atoms with Gasteiger partial charge in [0, 0.05) is 38.6 Å². The quantitative estimate of drug-likeness (QED) is 0.191. The van der Waals surface area contributed by atoms with Gasteiger partial charge in [-0.15, -0.1) is 29.8 Å². The third-order valence-electron chi connectivity index (χ3n) is 6.84. The van der Waals surface area contributed by atoms with Gasteiger partial charge in [0.1, 0.15) is 11.6 Å². The third kappa shape index (κ3) is 4.43. The Labute approximate surface area is 240 Å². The number of rotatable bonds is 4. The number of hydrogen-bond donors (Lipinski definition) is 1. The molecule has 7 rings (SSSR count). The maximum atomic E-state index is 10.7. The van der Waals surface area contributed by atoms with Crippen LogP contribution in [0.15, 0.2) is 128 Å². The first-order chi connectivity index (χ1) is 18.8. The molecule has 5 heteroatoms. The van der Waals surface area contributed by atoms with Gasteiger partial charge in [-0.2, -0.15) is 0 Å². The van der Waals surface area contributed by atoms with E-state index in [9.17, 15) is 5.11 Å². The molecule has 2 aromatic heterocycles. The molecule has 1 N–H and O–H groups in total. The largest absolute Gasteiger partial charge is 0.507 e. The number of aromatic hydroxyl groups is 1. The Morgan fingerprint density at radius 2 is 1.33 bits per heavy atom. The van der Waals surface area contributed by atoms with Crippen LogP contribution in [0.3, 0.4) is 0 Å². The van der Waals surface area contributed by atoms with Gasteiger partial charge in [0.15, 0.2) is 0 Å². The number of phenolic OH excluding ortho intramolecular Hbond substituents is 1. The summed E-state index contributed by atoms with van der Waals surface area (Å²) >= 11 is 0. The van der Waals surface area contributed by atoms with Gasteiger partial charge in [-0.05, 0) is 41.1 Å². The molecule has 2 heterocycles. The van der Waals surface area contributed by atoms with Crippen LogP contribution in [0.25, 0.3) is 61.3 Å². The first-order valence-electron chi connectivity index (χ1n) is 12.5. The topological polar surface area (TPSA) is 50.9 Å². The van der Waals surface area contributed by atoms with Crippen molar-refractivity contribution in [2.45, 2.75) is 0 Å². The molecule has 39 heavy (non-hydrogen) atoms. The zero-order valence-electron chi connectivity index (χ0n) is 20.7. The van der Waals surface area contributed by atoms with Crippen LogP contribution in [-0.2, 0) is 21.1 Å². The van der Waals surface area contributed by atoms with Crippen LogP contribution < -0.4 is 0 Å². The molecule has 190 valence electrons. The SMILES string of the molecule is Oc1ccccc1-c1nc2c(-c3[c-]c(-c4cc5ccccc5cn4)ccc3)cccc2n1-c1ccccc1.[Pt]. The molecule has 0 atom stereocenters. The van der Waals surface area contributed by atoms with Crippen molar-refractivity contribution in [3.05, 3.63) is 134 Å². The number of nitrogens with zero attached hydrogens (tertiary/aromatic N) is 3. The Hall–Kier alpha value is -4.53. The smallest absolute Gasteiger partial charge is 0.148 e. The van der Waals surface area contributed by atoms with Crippen LogP contribution in [-0.4, -0.2) is 19.6 Å². The number of para-hydroxylation sites is 3. The van der Waals surface area contributed by atoms with E-state index in [2.05, 4.69) is 59.2 Å². The number of hydrogen-bond acceptors (Lipinski definition) is 3. The van der Waals surface area contributed by atoms with Crippen LogP contribution in [0.2, 0.25) is 0 Å². The summed E-state index contributed by atoms with van der Waals surface area (Å²) in [5.74, 6) is 0.876. The van der Waals surface area contributed by atoms with Crippen molar-refractivity contribution in [2.75, 3.05) is 0 Å². The molecule has 5 aromatic carbocycles. The fourth-order valence-corrected chi connectivity index (χ4v) is 5.00. The Balaban J connectivity index is 0.00000277. The van der Waals surface area contributed by atoms with E-state index < -0.39 is 0 Å². The zero-order chi connectivity index (χ0) is 25.5. The average molecular weight is 684 g/mol. The molecular formula is C34H22N3OPt-. The van der Waals surface area contributed by atoms with Gasteiger partial charge in [0.25, 0.3) is 0 Å². The summed E-state index contributed by atoms with van der Waals surface area (Å²) < 4.78 is 2.10. The van der Waals surface area contributed by atoms with Crippen molar-refractivity contribution in [2.24, 2.45) is 0 Å². The number of aromatic nitrogens is 3. The van der Waals surface area contributed by atoms with Gasteiger partial charge in [0.2, 0.25) is 0 Å². The summed E-state index contributed by atoms with van der Waals surface area (Å²) in [6.07, 6.45) is 1.91. The van der Waals surface area contributed by atoms with Gasteiger partial charge >= 0.3 is 0 Å². The summed E-state index contributed by atoms with van der Waals surface area (Å²) in [6.45, 7) is 0. The Morgan fingerprint density at radius 3 is 2.18 bits per heavy atom. The molecule has 4 nitrogen and oxygen atoms in total. The van der Waals surface area contributed by atoms with Gasteiger partial charge in [-0.1, -0.05) is 83.9 Å². The minimum absolute atomic E-state index is 0. The number of fused-ring (bicyclic) bond motifs is 2. The fourth-order valence-electron chi connectivity index (χ4n) is 5.00. The number of phenols is 1. The first-order valence-corrected chi connectivity index (χ1v) is 12.5. The Bertz CT molecular complexity index is 1950. The molecule has 0 aliphatic carbocycles. The Kier molecular flexibility index (Phi) is 6.56. The minimum Gasteiger partial charge on any atom is -0.507 e. The van der Waals surface area contributed by atoms with E-state index in [-0.39, 0.29) is 26.8 Å². The Morgan fingerprint density at radius 1 is 0.641 bits per heavy atom. The van der Waals surface area contributed by atoms with E-state index in [0.29, 0.717) is 11.4 Å². The molecular weight excluding hydrogens is 661 g/mol. The van der Waals surface area contributed by atoms with Crippen LogP contribution in [0.1, 0.15) is 0 Å². The maximum absolute atomic E-state index is 10.7. The molecule has 0 aliphatic heterocycles. The van der Waals surface area contributed by atoms with E-state index >= 15 is 0 Å². The standard InChI is InChI=1S/C34H22N3O.Pt/c38-32-19-7-6-16-29(32)34-36-33-28(17-9-18-31(33)37(34)27-14-2-1-3-15-27)24-12-8-13-25(20-24)30-21-23-10-4-5-11-26(23)22-35-30;/h1-19,21-22,38H;/q-1;. The maximum Gasteiger partial charge on any atom is 0.148 e. The number of benzene rings is 5. The van der Waals surface area contributed by atoms with Crippen molar-refractivity contribution in [1.82, 2.24) is 14.5 Å². The molecule has 0 saturated heterocycles. The molecule has 0 radical (unpaired) electrons. The second-order valence-corrected chi connectivity index (χ2v) is 9.19. The monoisotopic (exact) mass is 683 g/mol. The number of pyridine rings is 1. The predicted octanol–water partition coefficient (Wildman–Crippen LogP) is 8.08. The second-order valence-electron chi connectivity index (χ2n) is 9.19. The number of imidazole rings is 1. The van der Waals surface area contributed by atoms with Crippen LogP contribution >= 0.6 is 0 Å². The summed E-state index contributed by atoms with van der Waals surface area (Å²) in [4.78, 5) is 9.81. The zero-order valence-corrected chi connectivity index (χ0v) is 23.0.